The Morgan fingerprint density at radius 3 is 2.48 bits per heavy atom. The Hall–Kier alpha value is -2.05. The van der Waals surface area contributed by atoms with E-state index >= 15 is 0 Å². The second-order valence-corrected chi connectivity index (χ2v) is 7.83. The summed E-state index contributed by atoms with van der Waals surface area (Å²) in [4.78, 5) is 0.137. The van der Waals surface area contributed by atoms with Crippen molar-refractivity contribution in [2.24, 2.45) is 0 Å². The molecule has 6 heteroatoms. The summed E-state index contributed by atoms with van der Waals surface area (Å²) in [6, 6.07) is 12.8. The molecule has 0 fully saturated rings. The second kappa shape index (κ2) is 8.36. The molecule has 0 bridgehead atoms. The summed E-state index contributed by atoms with van der Waals surface area (Å²) < 4.78 is 38.5. The second-order valence-electron chi connectivity index (χ2n) is 6.09. The standard InChI is InChI=1S/C19H25NO4S/c1-14(2)16-7-5-6-8-17(16)24-12-11-20-25(21,22)19-13-15(3)9-10-18(19)23-4/h5-10,13-14,20H,11-12H2,1-4H3. The smallest absolute Gasteiger partial charge is 0.244 e. The molecule has 2 aromatic rings. The Bertz CT molecular complexity index is 816. The van der Waals surface area contributed by atoms with Gasteiger partial charge >= 0.3 is 0 Å². The van der Waals surface area contributed by atoms with Gasteiger partial charge in [0.05, 0.1) is 7.11 Å². The van der Waals surface area contributed by atoms with Gasteiger partial charge in [-0.3, -0.25) is 0 Å². The molecule has 2 aromatic carbocycles. The highest BCUT2D eigenvalue weighted by Gasteiger charge is 2.19. The molecule has 0 unspecified atom stereocenters. The van der Waals surface area contributed by atoms with Crippen molar-refractivity contribution in [3.05, 3.63) is 53.6 Å². The van der Waals surface area contributed by atoms with Crippen LogP contribution in [-0.4, -0.2) is 28.7 Å². The van der Waals surface area contributed by atoms with Crippen LogP contribution in [0.1, 0.15) is 30.9 Å². The number of aryl methyl sites for hydroxylation is 1. The molecule has 0 aliphatic carbocycles. The van der Waals surface area contributed by atoms with Crippen LogP contribution in [0.4, 0.5) is 0 Å². The van der Waals surface area contributed by atoms with E-state index in [9.17, 15) is 8.42 Å². The van der Waals surface area contributed by atoms with Gasteiger partial charge in [-0.15, -0.1) is 0 Å². The van der Waals surface area contributed by atoms with Crippen molar-refractivity contribution < 1.29 is 17.9 Å². The molecule has 0 spiro atoms. The third-order valence-electron chi connectivity index (χ3n) is 3.80. The van der Waals surface area contributed by atoms with Crippen LogP contribution in [0, 0.1) is 6.92 Å². The van der Waals surface area contributed by atoms with Gasteiger partial charge in [-0.05, 0) is 42.2 Å². The molecule has 5 nitrogen and oxygen atoms in total. The van der Waals surface area contributed by atoms with E-state index in [1.165, 1.54) is 7.11 Å². The zero-order chi connectivity index (χ0) is 18.4. The highest BCUT2D eigenvalue weighted by Crippen LogP contribution is 2.26. The van der Waals surface area contributed by atoms with Crippen LogP contribution in [0.3, 0.4) is 0 Å². The van der Waals surface area contributed by atoms with E-state index in [1.807, 2.05) is 37.3 Å². The quantitative estimate of drug-likeness (QED) is 0.729. The molecule has 136 valence electrons. The Labute approximate surface area is 150 Å². The molecule has 0 aliphatic heterocycles. The van der Waals surface area contributed by atoms with Crippen LogP contribution in [0.2, 0.25) is 0 Å². The Kier molecular flexibility index (Phi) is 6.45. The first-order valence-electron chi connectivity index (χ1n) is 8.21. The van der Waals surface area contributed by atoms with Crippen LogP contribution < -0.4 is 14.2 Å². The van der Waals surface area contributed by atoms with Crippen LogP contribution >= 0.6 is 0 Å². The predicted octanol–water partition coefficient (Wildman–Crippen LogP) is 3.48. The first kappa shape index (κ1) is 19.3. The van der Waals surface area contributed by atoms with Crippen molar-refractivity contribution in [1.29, 1.82) is 0 Å². The molecule has 0 atom stereocenters. The topological polar surface area (TPSA) is 64.6 Å². The zero-order valence-corrected chi connectivity index (χ0v) is 15.9. The van der Waals surface area contributed by atoms with Crippen LogP contribution in [-0.2, 0) is 10.0 Å². The van der Waals surface area contributed by atoms with Gasteiger partial charge in [0.1, 0.15) is 23.0 Å². The number of hydrogen-bond donors (Lipinski definition) is 1. The number of nitrogens with one attached hydrogen (secondary N) is 1. The van der Waals surface area contributed by atoms with Crippen LogP contribution in [0.15, 0.2) is 47.4 Å². The van der Waals surface area contributed by atoms with Crippen molar-refractivity contribution in [2.45, 2.75) is 31.6 Å². The number of benzene rings is 2. The summed E-state index contributed by atoms with van der Waals surface area (Å²) in [6.45, 7) is 6.44. The van der Waals surface area contributed by atoms with Gasteiger partial charge in [0.25, 0.3) is 0 Å². The maximum atomic E-state index is 12.5. The maximum Gasteiger partial charge on any atom is 0.244 e. The summed E-state index contributed by atoms with van der Waals surface area (Å²) >= 11 is 0. The molecule has 0 aliphatic rings. The highest BCUT2D eigenvalue weighted by atomic mass is 32.2. The number of hydrogen-bond acceptors (Lipinski definition) is 4. The third-order valence-corrected chi connectivity index (χ3v) is 5.28. The van der Waals surface area contributed by atoms with Gasteiger partial charge in [-0.2, -0.15) is 0 Å². The molecule has 1 N–H and O–H groups in total. The third kappa shape index (κ3) is 4.96. The SMILES string of the molecule is COc1ccc(C)cc1S(=O)(=O)NCCOc1ccccc1C(C)C. The monoisotopic (exact) mass is 363 g/mol. The molecule has 0 saturated carbocycles. The minimum Gasteiger partial charge on any atom is -0.495 e. The Balaban J connectivity index is 2.01. The van der Waals surface area contributed by atoms with E-state index < -0.39 is 10.0 Å². The average molecular weight is 363 g/mol. The van der Waals surface area contributed by atoms with Gasteiger partial charge in [0, 0.05) is 6.54 Å². The summed E-state index contributed by atoms with van der Waals surface area (Å²) in [6.07, 6.45) is 0. The molecule has 0 aromatic heterocycles. The number of rotatable bonds is 8. The first-order valence-corrected chi connectivity index (χ1v) is 9.69. The number of methoxy groups -OCH3 is 1. The fraction of sp³-hybridized carbons (Fsp3) is 0.368. The van der Waals surface area contributed by atoms with E-state index in [1.54, 1.807) is 12.1 Å². The number of sulfonamides is 1. The molecule has 0 amide bonds. The van der Waals surface area contributed by atoms with Gasteiger partial charge in [-0.25, -0.2) is 13.1 Å². The fourth-order valence-electron chi connectivity index (χ4n) is 2.50. The lowest BCUT2D eigenvalue weighted by molar-refractivity contribution is 0.318. The lowest BCUT2D eigenvalue weighted by Gasteiger charge is -2.15. The van der Waals surface area contributed by atoms with E-state index in [-0.39, 0.29) is 18.0 Å². The average Bonchev–Trinajstić information content (AvgIpc) is 2.59. The maximum absolute atomic E-state index is 12.5. The fourth-order valence-corrected chi connectivity index (χ4v) is 3.76. The Morgan fingerprint density at radius 1 is 1.08 bits per heavy atom. The van der Waals surface area contributed by atoms with Crippen LogP contribution in [0.25, 0.3) is 0 Å². The first-order chi connectivity index (χ1) is 11.8. The highest BCUT2D eigenvalue weighted by molar-refractivity contribution is 7.89. The van der Waals surface area contributed by atoms with Crippen molar-refractivity contribution in [3.8, 4) is 11.5 Å². The summed E-state index contributed by atoms with van der Waals surface area (Å²) in [5.41, 5.74) is 1.95. The zero-order valence-electron chi connectivity index (χ0n) is 15.1. The Morgan fingerprint density at radius 2 is 1.80 bits per heavy atom. The minimum absolute atomic E-state index is 0.137. The van der Waals surface area contributed by atoms with Crippen molar-refractivity contribution in [3.63, 3.8) is 0 Å². The van der Waals surface area contributed by atoms with Crippen LogP contribution in [0.5, 0.6) is 11.5 Å². The van der Waals surface area contributed by atoms with E-state index in [2.05, 4.69) is 18.6 Å². The van der Waals surface area contributed by atoms with E-state index in [4.69, 9.17) is 9.47 Å². The van der Waals surface area contributed by atoms with Gasteiger partial charge in [0.2, 0.25) is 10.0 Å². The molecule has 25 heavy (non-hydrogen) atoms. The lowest BCUT2D eigenvalue weighted by Crippen LogP contribution is -2.28. The summed E-state index contributed by atoms with van der Waals surface area (Å²) in [5, 5.41) is 0. The van der Waals surface area contributed by atoms with Crippen molar-refractivity contribution in [2.75, 3.05) is 20.3 Å². The van der Waals surface area contributed by atoms with Crippen molar-refractivity contribution >= 4 is 10.0 Å². The van der Waals surface area contributed by atoms with Gasteiger partial charge in [-0.1, -0.05) is 38.1 Å². The summed E-state index contributed by atoms with van der Waals surface area (Å²) in [5.74, 6) is 1.44. The molecule has 2 rings (SSSR count). The number of ether oxygens (including phenoxy) is 2. The number of para-hydroxylation sites is 1. The lowest BCUT2D eigenvalue weighted by atomic mass is 10.0. The van der Waals surface area contributed by atoms with Crippen molar-refractivity contribution in [1.82, 2.24) is 4.72 Å². The predicted molar refractivity (Wildman–Crippen MR) is 98.9 cm³/mol. The van der Waals surface area contributed by atoms with Gasteiger partial charge < -0.3 is 9.47 Å². The molecule has 0 radical (unpaired) electrons. The summed E-state index contributed by atoms with van der Waals surface area (Å²) in [7, 11) is -2.21. The van der Waals surface area contributed by atoms with E-state index in [0.717, 1.165) is 16.9 Å². The molecule has 0 heterocycles. The minimum atomic E-state index is -3.66. The molecular formula is C19H25NO4S. The molecule has 0 saturated heterocycles. The normalized spacial score (nSPS) is 11.6. The van der Waals surface area contributed by atoms with E-state index in [0.29, 0.717) is 11.7 Å². The molecular weight excluding hydrogens is 338 g/mol. The van der Waals surface area contributed by atoms with Gasteiger partial charge in [0.15, 0.2) is 0 Å². The largest absolute Gasteiger partial charge is 0.495 e.